The van der Waals surface area contributed by atoms with Crippen molar-refractivity contribution in [3.63, 3.8) is 0 Å². The maximum Gasteiger partial charge on any atom is 0.408 e. The summed E-state index contributed by atoms with van der Waals surface area (Å²) in [5.41, 5.74) is 0.305. The first-order chi connectivity index (χ1) is 12.0. The van der Waals surface area contributed by atoms with Gasteiger partial charge in [0.25, 0.3) is 5.91 Å². The highest BCUT2D eigenvalue weighted by molar-refractivity contribution is 7.89. The van der Waals surface area contributed by atoms with E-state index in [-0.39, 0.29) is 17.0 Å². The number of sulfonamides is 1. The maximum atomic E-state index is 12.3. The van der Waals surface area contributed by atoms with E-state index in [1.807, 2.05) is 0 Å². The number of aromatic nitrogens is 2. The lowest BCUT2D eigenvalue weighted by Crippen LogP contribution is -2.27. The molecule has 0 aliphatic rings. The third-order valence-corrected chi connectivity index (χ3v) is 5.32. The van der Waals surface area contributed by atoms with E-state index in [9.17, 15) is 26.4 Å². The van der Waals surface area contributed by atoms with Crippen LogP contribution in [0.25, 0.3) is 0 Å². The number of carbonyl (C=O) groups excluding carboxylic acids is 1. The molecule has 0 atom stereocenters. The quantitative estimate of drug-likeness (QED) is 0.813. The fourth-order valence-electron chi connectivity index (χ4n) is 2.13. The normalized spacial score (nSPS) is 12.4. The van der Waals surface area contributed by atoms with Gasteiger partial charge in [0.15, 0.2) is 0 Å². The molecule has 2 rings (SSSR count). The monoisotopic (exact) mass is 390 g/mol. The number of amides is 1. The Hall–Kier alpha value is -2.40. The summed E-state index contributed by atoms with van der Waals surface area (Å²) in [7, 11) is -0.918. The Kier molecular flexibility index (Phi) is 5.71. The number of benzene rings is 1. The van der Waals surface area contributed by atoms with Crippen LogP contribution in [0.15, 0.2) is 41.6 Å². The van der Waals surface area contributed by atoms with Crippen LogP contribution in [0, 0.1) is 0 Å². The van der Waals surface area contributed by atoms with Crippen LogP contribution in [0.2, 0.25) is 0 Å². The molecular weight excluding hydrogens is 373 g/mol. The SMILES string of the molecule is CN(C)S(=O)(=O)c1ccccc1CNC(=O)c1cnn(CC(F)(F)F)c1. The van der Waals surface area contributed by atoms with E-state index in [1.54, 1.807) is 18.2 Å². The van der Waals surface area contributed by atoms with E-state index in [0.717, 1.165) is 16.7 Å². The summed E-state index contributed by atoms with van der Waals surface area (Å²) in [6.45, 7) is -1.41. The van der Waals surface area contributed by atoms with Gasteiger partial charge in [-0.25, -0.2) is 12.7 Å². The maximum absolute atomic E-state index is 12.3. The van der Waals surface area contributed by atoms with Crippen molar-refractivity contribution >= 4 is 15.9 Å². The highest BCUT2D eigenvalue weighted by atomic mass is 32.2. The van der Waals surface area contributed by atoms with Crippen LogP contribution < -0.4 is 5.32 Å². The molecule has 0 fully saturated rings. The molecule has 11 heteroatoms. The van der Waals surface area contributed by atoms with E-state index < -0.39 is 28.7 Å². The van der Waals surface area contributed by atoms with Gasteiger partial charge in [0.2, 0.25) is 10.0 Å². The van der Waals surface area contributed by atoms with Crippen molar-refractivity contribution in [3.8, 4) is 0 Å². The summed E-state index contributed by atoms with van der Waals surface area (Å²) in [4.78, 5) is 12.1. The van der Waals surface area contributed by atoms with Gasteiger partial charge in [-0.3, -0.25) is 9.48 Å². The third kappa shape index (κ3) is 4.82. The van der Waals surface area contributed by atoms with Crippen molar-refractivity contribution in [1.82, 2.24) is 19.4 Å². The van der Waals surface area contributed by atoms with E-state index in [0.29, 0.717) is 10.2 Å². The van der Waals surface area contributed by atoms with Crippen LogP contribution in [0.1, 0.15) is 15.9 Å². The standard InChI is InChI=1S/C15H17F3N4O3S/c1-21(2)26(24,25)13-6-4-3-5-11(13)7-19-14(23)12-8-20-22(9-12)10-15(16,17)18/h3-6,8-9H,7,10H2,1-2H3,(H,19,23). The molecule has 26 heavy (non-hydrogen) atoms. The first kappa shape index (κ1) is 19.9. The molecule has 0 saturated carbocycles. The molecule has 0 unspecified atom stereocenters. The molecule has 142 valence electrons. The van der Waals surface area contributed by atoms with Gasteiger partial charge in [0, 0.05) is 26.8 Å². The molecule has 0 aliphatic carbocycles. The molecule has 0 bridgehead atoms. The second-order valence-electron chi connectivity index (χ2n) is 5.62. The molecule has 1 N–H and O–H groups in total. The summed E-state index contributed by atoms with van der Waals surface area (Å²) in [5.74, 6) is -0.657. The Morgan fingerprint density at radius 3 is 2.54 bits per heavy atom. The average molecular weight is 390 g/mol. The van der Waals surface area contributed by atoms with Gasteiger partial charge < -0.3 is 5.32 Å². The van der Waals surface area contributed by atoms with E-state index in [2.05, 4.69) is 10.4 Å². The van der Waals surface area contributed by atoms with Crippen molar-refractivity contribution in [2.75, 3.05) is 14.1 Å². The highest BCUT2D eigenvalue weighted by Crippen LogP contribution is 2.19. The van der Waals surface area contributed by atoms with Crippen LogP contribution in [-0.4, -0.2) is 48.7 Å². The predicted octanol–water partition coefficient (Wildman–Crippen LogP) is 1.63. The minimum atomic E-state index is -4.45. The minimum Gasteiger partial charge on any atom is -0.348 e. The fourth-order valence-corrected chi connectivity index (χ4v) is 3.24. The molecule has 1 heterocycles. The highest BCUT2D eigenvalue weighted by Gasteiger charge is 2.28. The van der Waals surface area contributed by atoms with Crippen LogP contribution in [0.5, 0.6) is 0 Å². The van der Waals surface area contributed by atoms with Gasteiger partial charge in [-0.2, -0.15) is 18.3 Å². The van der Waals surface area contributed by atoms with Gasteiger partial charge in [0.1, 0.15) is 6.54 Å². The summed E-state index contributed by atoms with van der Waals surface area (Å²) >= 11 is 0. The van der Waals surface area contributed by atoms with Crippen molar-refractivity contribution in [2.24, 2.45) is 0 Å². The smallest absolute Gasteiger partial charge is 0.348 e. The summed E-state index contributed by atoms with van der Waals surface area (Å²) in [6, 6.07) is 6.14. The van der Waals surface area contributed by atoms with Crippen LogP contribution >= 0.6 is 0 Å². The zero-order valence-corrected chi connectivity index (χ0v) is 14.8. The molecule has 0 spiro atoms. The largest absolute Gasteiger partial charge is 0.408 e. The number of rotatable bonds is 6. The summed E-state index contributed by atoms with van der Waals surface area (Å²) < 4.78 is 63.2. The molecule has 1 aromatic heterocycles. The van der Waals surface area contributed by atoms with Crippen molar-refractivity contribution < 1.29 is 26.4 Å². The molecular formula is C15H17F3N4O3S. The van der Waals surface area contributed by atoms with E-state index >= 15 is 0 Å². The molecule has 7 nitrogen and oxygen atoms in total. The van der Waals surface area contributed by atoms with Gasteiger partial charge in [-0.05, 0) is 11.6 Å². The molecule has 1 amide bonds. The lowest BCUT2D eigenvalue weighted by molar-refractivity contribution is -0.142. The van der Waals surface area contributed by atoms with Crippen LogP contribution in [0.3, 0.4) is 0 Å². The van der Waals surface area contributed by atoms with Crippen molar-refractivity contribution in [2.45, 2.75) is 24.2 Å². The van der Waals surface area contributed by atoms with Gasteiger partial charge in [0.05, 0.1) is 16.7 Å². The van der Waals surface area contributed by atoms with Crippen LogP contribution in [0.4, 0.5) is 13.2 Å². The molecule has 2 aromatic rings. The number of nitrogens with one attached hydrogen (secondary N) is 1. The minimum absolute atomic E-state index is 0.0399. The first-order valence-electron chi connectivity index (χ1n) is 7.38. The van der Waals surface area contributed by atoms with E-state index in [4.69, 9.17) is 0 Å². The first-order valence-corrected chi connectivity index (χ1v) is 8.82. The number of carbonyl (C=O) groups is 1. The van der Waals surface area contributed by atoms with E-state index in [1.165, 1.54) is 20.2 Å². The number of halogens is 3. The molecule has 0 aliphatic heterocycles. The average Bonchev–Trinajstić information content (AvgIpc) is 2.99. The molecule has 0 radical (unpaired) electrons. The zero-order chi connectivity index (χ0) is 19.5. The third-order valence-electron chi connectivity index (χ3n) is 3.41. The Labute approximate surface area is 148 Å². The predicted molar refractivity (Wildman–Crippen MR) is 86.8 cm³/mol. The number of alkyl halides is 3. The summed E-state index contributed by atoms with van der Waals surface area (Å²) in [5, 5.41) is 5.98. The number of hydrogen-bond donors (Lipinski definition) is 1. The Balaban J connectivity index is 2.12. The topological polar surface area (TPSA) is 84.3 Å². The van der Waals surface area contributed by atoms with Crippen LogP contribution in [-0.2, 0) is 23.1 Å². The van der Waals surface area contributed by atoms with Gasteiger partial charge in [-0.1, -0.05) is 18.2 Å². The molecule has 0 saturated heterocycles. The fraction of sp³-hybridized carbons (Fsp3) is 0.333. The Morgan fingerprint density at radius 1 is 1.27 bits per heavy atom. The number of nitrogens with zero attached hydrogens (tertiary/aromatic N) is 3. The Bertz CT molecular complexity index is 892. The molecule has 1 aromatic carbocycles. The lowest BCUT2D eigenvalue weighted by atomic mass is 10.2. The van der Waals surface area contributed by atoms with Crippen molar-refractivity contribution in [3.05, 3.63) is 47.8 Å². The summed E-state index contributed by atoms with van der Waals surface area (Å²) in [6.07, 6.45) is -2.45. The van der Waals surface area contributed by atoms with Crippen molar-refractivity contribution in [1.29, 1.82) is 0 Å². The second kappa shape index (κ2) is 7.46. The Morgan fingerprint density at radius 2 is 1.92 bits per heavy atom. The number of hydrogen-bond acceptors (Lipinski definition) is 4. The zero-order valence-electron chi connectivity index (χ0n) is 14.0. The van der Waals surface area contributed by atoms with Gasteiger partial charge in [-0.15, -0.1) is 0 Å². The lowest BCUT2D eigenvalue weighted by Gasteiger charge is -2.15. The second-order valence-corrected chi connectivity index (χ2v) is 7.74. The van der Waals surface area contributed by atoms with Gasteiger partial charge >= 0.3 is 6.18 Å².